The number of benzene rings is 1. The van der Waals surface area contributed by atoms with Crippen molar-refractivity contribution in [3.63, 3.8) is 0 Å². The van der Waals surface area contributed by atoms with Crippen LogP contribution in [0.25, 0.3) is 11.3 Å². The first kappa shape index (κ1) is 9.80. The second-order valence-electron chi connectivity index (χ2n) is 3.01. The van der Waals surface area contributed by atoms with Crippen molar-refractivity contribution in [1.29, 1.82) is 0 Å². The van der Waals surface area contributed by atoms with Crippen LogP contribution in [-0.4, -0.2) is 5.11 Å². The van der Waals surface area contributed by atoms with E-state index in [1.807, 2.05) is 0 Å². The molecule has 0 fully saturated rings. The summed E-state index contributed by atoms with van der Waals surface area (Å²) in [6.07, 6.45) is 0. The fourth-order valence-electron chi connectivity index (χ4n) is 1.22. The van der Waals surface area contributed by atoms with E-state index in [1.165, 1.54) is 6.07 Å². The van der Waals surface area contributed by atoms with E-state index in [9.17, 15) is 9.90 Å². The normalized spacial score (nSPS) is 10.2. The molecule has 0 unspecified atom stereocenters. The zero-order valence-electron chi connectivity index (χ0n) is 7.61. The van der Waals surface area contributed by atoms with Gasteiger partial charge in [0, 0.05) is 16.7 Å². The van der Waals surface area contributed by atoms with Crippen LogP contribution in [0.1, 0.15) is 0 Å². The molecule has 15 heavy (non-hydrogen) atoms. The molecular formula is C11H7ClO3. The Morgan fingerprint density at radius 1 is 1.13 bits per heavy atom. The average Bonchev–Trinajstić information content (AvgIpc) is 2.17. The van der Waals surface area contributed by atoms with E-state index in [1.54, 1.807) is 24.3 Å². The minimum atomic E-state index is -0.583. The first-order valence-electron chi connectivity index (χ1n) is 4.25. The van der Waals surface area contributed by atoms with Crippen LogP contribution in [0.15, 0.2) is 45.6 Å². The lowest BCUT2D eigenvalue weighted by molar-refractivity contribution is 0.453. The van der Waals surface area contributed by atoms with E-state index < -0.39 is 5.63 Å². The molecule has 0 atom stereocenters. The first-order valence-corrected chi connectivity index (χ1v) is 4.63. The van der Waals surface area contributed by atoms with Gasteiger partial charge in [-0.15, -0.1) is 0 Å². The predicted octanol–water partition coefficient (Wildman–Crippen LogP) is 2.67. The van der Waals surface area contributed by atoms with Gasteiger partial charge < -0.3 is 9.52 Å². The largest absolute Gasteiger partial charge is 0.508 e. The van der Waals surface area contributed by atoms with Crippen LogP contribution in [0.4, 0.5) is 0 Å². The summed E-state index contributed by atoms with van der Waals surface area (Å²) in [4.78, 5) is 11.0. The van der Waals surface area contributed by atoms with E-state index in [-0.39, 0.29) is 5.75 Å². The van der Waals surface area contributed by atoms with Gasteiger partial charge in [0.1, 0.15) is 11.5 Å². The van der Waals surface area contributed by atoms with Crippen LogP contribution in [-0.2, 0) is 0 Å². The molecule has 0 saturated heterocycles. The van der Waals surface area contributed by atoms with Crippen molar-refractivity contribution in [2.24, 2.45) is 0 Å². The molecule has 0 amide bonds. The molecule has 1 N–H and O–H groups in total. The van der Waals surface area contributed by atoms with Crippen LogP contribution in [0.5, 0.6) is 5.75 Å². The molecule has 1 aromatic carbocycles. The summed E-state index contributed by atoms with van der Waals surface area (Å²) in [5.74, 6) is 0.202. The van der Waals surface area contributed by atoms with E-state index >= 15 is 0 Å². The summed E-state index contributed by atoms with van der Waals surface area (Å²) >= 11 is 5.72. The molecule has 0 spiro atoms. The van der Waals surface area contributed by atoms with Gasteiger partial charge in [-0.3, -0.25) is 0 Å². The van der Waals surface area contributed by atoms with Gasteiger partial charge in [0.2, 0.25) is 0 Å². The summed E-state index contributed by atoms with van der Waals surface area (Å²) in [6, 6.07) is 9.17. The van der Waals surface area contributed by atoms with Gasteiger partial charge in [-0.2, -0.15) is 0 Å². The smallest absolute Gasteiger partial charge is 0.339 e. The number of halogens is 1. The molecule has 0 aliphatic heterocycles. The molecule has 0 aliphatic rings. The monoisotopic (exact) mass is 222 g/mol. The Bertz CT molecular complexity index is 528. The van der Waals surface area contributed by atoms with Crippen molar-refractivity contribution in [3.05, 3.63) is 51.8 Å². The number of hydrogen-bond donors (Lipinski definition) is 1. The van der Waals surface area contributed by atoms with Gasteiger partial charge in [0.15, 0.2) is 0 Å². The molecular weight excluding hydrogens is 216 g/mol. The van der Waals surface area contributed by atoms with E-state index in [4.69, 9.17) is 16.0 Å². The van der Waals surface area contributed by atoms with Gasteiger partial charge in [0.25, 0.3) is 0 Å². The highest BCUT2D eigenvalue weighted by atomic mass is 35.5. The van der Waals surface area contributed by atoms with Crippen molar-refractivity contribution >= 4 is 11.6 Å². The van der Waals surface area contributed by atoms with E-state index in [2.05, 4.69) is 0 Å². The summed E-state index contributed by atoms with van der Waals surface area (Å²) in [5.41, 5.74) is 0.104. The SMILES string of the molecule is O=c1cc(O)cc(-c2ccc(Cl)cc2)o1. The fraction of sp³-hybridized carbons (Fsp3) is 0. The third-order valence-corrected chi connectivity index (χ3v) is 2.14. The highest BCUT2D eigenvalue weighted by Gasteiger charge is 2.03. The molecule has 2 rings (SSSR count). The quantitative estimate of drug-likeness (QED) is 0.807. The molecule has 0 radical (unpaired) electrons. The molecule has 4 heteroatoms. The Morgan fingerprint density at radius 3 is 2.40 bits per heavy atom. The average molecular weight is 223 g/mol. The maximum Gasteiger partial charge on any atom is 0.339 e. The number of rotatable bonds is 1. The fourth-order valence-corrected chi connectivity index (χ4v) is 1.35. The molecule has 0 saturated carbocycles. The van der Waals surface area contributed by atoms with Crippen LogP contribution >= 0.6 is 11.6 Å². The molecule has 1 heterocycles. The molecule has 2 aromatic rings. The van der Waals surface area contributed by atoms with Gasteiger partial charge >= 0.3 is 5.63 Å². The van der Waals surface area contributed by atoms with Crippen LogP contribution in [0, 0.1) is 0 Å². The van der Waals surface area contributed by atoms with E-state index in [0.717, 1.165) is 6.07 Å². The zero-order valence-corrected chi connectivity index (χ0v) is 8.36. The lowest BCUT2D eigenvalue weighted by Crippen LogP contribution is -1.95. The second kappa shape index (κ2) is 3.79. The van der Waals surface area contributed by atoms with Gasteiger partial charge in [0.05, 0.1) is 6.07 Å². The van der Waals surface area contributed by atoms with Crippen molar-refractivity contribution in [3.8, 4) is 17.1 Å². The predicted molar refractivity (Wildman–Crippen MR) is 57.1 cm³/mol. The number of aromatic hydroxyl groups is 1. The minimum Gasteiger partial charge on any atom is -0.508 e. The third kappa shape index (κ3) is 2.19. The maximum absolute atomic E-state index is 11.0. The topological polar surface area (TPSA) is 50.4 Å². The summed E-state index contributed by atoms with van der Waals surface area (Å²) in [7, 11) is 0. The Kier molecular flexibility index (Phi) is 2.47. The van der Waals surface area contributed by atoms with Crippen molar-refractivity contribution in [2.75, 3.05) is 0 Å². The Morgan fingerprint density at radius 2 is 1.80 bits per heavy atom. The zero-order chi connectivity index (χ0) is 10.8. The highest BCUT2D eigenvalue weighted by molar-refractivity contribution is 6.30. The lowest BCUT2D eigenvalue weighted by Gasteiger charge is -2.00. The van der Waals surface area contributed by atoms with Crippen molar-refractivity contribution in [1.82, 2.24) is 0 Å². The maximum atomic E-state index is 11.0. The molecule has 3 nitrogen and oxygen atoms in total. The van der Waals surface area contributed by atoms with Gasteiger partial charge in [-0.1, -0.05) is 11.6 Å². The number of hydrogen-bond acceptors (Lipinski definition) is 3. The molecule has 1 aromatic heterocycles. The lowest BCUT2D eigenvalue weighted by atomic mass is 10.1. The second-order valence-corrected chi connectivity index (χ2v) is 3.44. The van der Waals surface area contributed by atoms with Crippen LogP contribution < -0.4 is 5.63 Å². The van der Waals surface area contributed by atoms with Crippen molar-refractivity contribution in [2.45, 2.75) is 0 Å². The summed E-state index contributed by atoms with van der Waals surface area (Å²) in [6.45, 7) is 0. The Hall–Kier alpha value is -1.74. The standard InChI is InChI=1S/C11H7ClO3/c12-8-3-1-7(2-4-8)10-5-9(13)6-11(14)15-10/h1-6,13H. The Balaban J connectivity index is 2.54. The molecule has 0 bridgehead atoms. The molecule has 0 aliphatic carbocycles. The van der Waals surface area contributed by atoms with Gasteiger partial charge in [-0.05, 0) is 24.3 Å². The summed E-state index contributed by atoms with van der Waals surface area (Å²) in [5, 5.41) is 9.82. The van der Waals surface area contributed by atoms with Gasteiger partial charge in [-0.25, -0.2) is 4.79 Å². The molecule has 76 valence electrons. The summed E-state index contributed by atoms with van der Waals surface area (Å²) < 4.78 is 4.93. The minimum absolute atomic E-state index is 0.115. The van der Waals surface area contributed by atoms with Crippen molar-refractivity contribution < 1.29 is 9.52 Å². The van der Waals surface area contributed by atoms with Crippen LogP contribution in [0.2, 0.25) is 5.02 Å². The highest BCUT2D eigenvalue weighted by Crippen LogP contribution is 2.22. The van der Waals surface area contributed by atoms with E-state index in [0.29, 0.717) is 16.3 Å². The first-order chi connectivity index (χ1) is 7.15. The third-order valence-electron chi connectivity index (χ3n) is 1.88. The van der Waals surface area contributed by atoms with Crippen LogP contribution in [0.3, 0.4) is 0 Å². The Labute approximate surface area is 90.6 Å².